The molecule has 1 aromatic carbocycles. The van der Waals surface area contributed by atoms with Crippen molar-refractivity contribution in [2.45, 2.75) is 37.7 Å². The van der Waals surface area contributed by atoms with Crippen LogP contribution in [-0.4, -0.2) is 50.1 Å². The van der Waals surface area contributed by atoms with Crippen LogP contribution >= 0.6 is 0 Å². The average Bonchev–Trinajstić information content (AvgIpc) is 2.49. The summed E-state index contributed by atoms with van der Waals surface area (Å²) in [6.07, 6.45) is 1.37. The number of aromatic carboxylic acids is 1. The van der Waals surface area contributed by atoms with E-state index in [1.165, 1.54) is 16.4 Å². The van der Waals surface area contributed by atoms with Crippen molar-refractivity contribution in [3.8, 4) is 0 Å². The fourth-order valence-corrected chi connectivity index (χ4v) is 4.46. The fraction of sp³-hybridized carbons (Fsp3) is 0.533. The molecule has 1 saturated heterocycles. The summed E-state index contributed by atoms with van der Waals surface area (Å²) >= 11 is 0. The lowest BCUT2D eigenvalue weighted by Crippen LogP contribution is -2.40. The maximum absolute atomic E-state index is 12.8. The van der Waals surface area contributed by atoms with Crippen molar-refractivity contribution < 1.29 is 23.1 Å². The summed E-state index contributed by atoms with van der Waals surface area (Å²) in [6, 6.07) is 2.75. The summed E-state index contributed by atoms with van der Waals surface area (Å²) in [7, 11) is -2.06. The minimum Gasteiger partial charge on any atom is -0.478 e. The predicted octanol–water partition coefficient (Wildman–Crippen LogP) is 1.80. The second-order valence-electron chi connectivity index (χ2n) is 5.56. The van der Waals surface area contributed by atoms with Gasteiger partial charge in [-0.3, -0.25) is 0 Å². The highest BCUT2D eigenvalue weighted by atomic mass is 32.2. The van der Waals surface area contributed by atoms with E-state index in [0.717, 1.165) is 0 Å². The molecule has 0 radical (unpaired) electrons. The standard InChI is InChI=1S/C15H21NO5S/c1-10-8-12(15(17)18)9-14(11(10)2)22(19,20)16-6-4-13(21-3)5-7-16/h8-9,13H,4-7H2,1-3H3,(H,17,18). The highest BCUT2D eigenvalue weighted by Gasteiger charge is 2.31. The Kier molecular flexibility index (Phi) is 4.89. The number of carboxylic acid groups (broad SMARTS) is 1. The summed E-state index contributed by atoms with van der Waals surface area (Å²) in [6.45, 7) is 4.20. The lowest BCUT2D eigenvalue weighted by molar-refractivity contribution is 0.0604. The van der Waals surface area contributed by atoms with Crippen LogP contribution in [0.1, 0.15) is 34.3 Å². The summed E-state index contributed by atoms with van der Waals surface area (Å²) in [5.41, 5.74) is 1.25. The van der Waals surface area contributed by atoms with Gasteiger partial charge in [-0.15, -0.1) is 0 Å². The first-order chi connectivity index (χ1) is 10.3. The number of carboxylic acids is 1. The first-order valence-corrected chi connectivity index (χ1v) is 8.59. The van der Waals surface area contributed by atoms with Crippen LogP contribution in [0.4, 0.5) is 0 Å². The highest BCUT2D eigenvalue weighted by Crippen LogP contribution is 2.27. The largest absolute Gasteiger partial charge is 0.478 e. The molecule has 0 bridgehead atoms. The Morgan fingerprint density at radius 1 is 1.27 bits per heavy atom. The quantitative estimate of drug-likeness (QED) is 0.911. The number of hydrogen-bond acceptors (Lipinski definition) is 4. The molecule has 1 aliphatic rings. The third kappa shape index (κ3) is 3.16. The van der Waals surface area contributed by atoms with Gasteiger partial charge in [0.25, 0.3) is 0 Å². The molecule has 0 saturated carbocycles. The molecule has 122 valence electrons. The van der Waals surface area contributed by atoms with E-state index in [-0.39, 0.29) is 16.6 Å². The molecule has 1 N–H and O–H groups in total. The van der Waals surface area contributed by atoms with Gasteiger partial charge in [0.15, 0.2) is 0 Å². The van der Waals surface area contributed by atoms with Gasteiger partial charge in [0.2, 0.25) is 10.0 Å². The molecule has 0 aliphatic carbocycles. The van der Waals surface area contributed by atoms with E-state index in [1.54, 1.807) is 21.0 Å². The van der Waals surface area contributed by atoms with Gasteiger partial charge in [-0.1, -0.05) is 0 Å². The maximum atomic E-state index is 12.8. The summed E-state index contributed by atoms with van der Waals surface area (Å²) in [5, 5.41) is 9.14. The summed E-state index contributed by atoms with van der Waals surface area (Å²) in [4.78, 5) is 11.3. The van der Waals surface area contributed by atoms with E-state index in [1.807, 2.05) is 0 Å². The SMILES string of the molecule is COC1CCN(S(=O)(=O)c2cc(C(=O)O)cc(C)c2C)CC1. The Labute approximate surface area is 130 Å². The monoisotopic (exact) mass is 327 g/mol. The van der Waals surface area contributed by atoms with Gasteiger partial charge in [0, 0.05) is 20.2 Å². The number of piperidine rings is 1. The highest BCUT2D eigenvalue weighted by molar-refractivity contribution is 7.89. The number of methoxy groups -OCH3 is 1. The molecule has 0 aromatic heterocycles. The molecule has 1 fully saturated rings. The molecule has 0 spiro atoms. The Balaban J connectivity index is 2.39. The smallest absolute Gasteiger partial charge is 0.335 e. The molecule has 22 heavy (non-hydrogen) atoms. The third-order valence-electron chi connectivity index (χ3n) is 4.22. The number of carbonyl (C=O) groups is 1. The molecular weight excluding hydrogens is 306 g/mol. The fourth-order valence-electron chi connectivity index (χ4n) is 2.67. The van der Waals surface area contributed by atoms with Gasteiger partial charge in [-0.25, -0.2) is 13.2 Å². The zero-order chi connectivity index (χ0) is 16.5. The number of rotatable bonds is 4. The van der Waals surface area contributed by atoms with Crippen LogP contribution in [0, 0.1) is 13.8 Å². The third-order valence-corrected chi connectivity index (χ3v) is 6.24. The van der Waals surface area contributed by atoms with Crippen LogP contribution in [0.2, 0.25) is 0 Å². The average molecular weight is 327 g/mol. The second kappa shape index (κ2) is 6.36. The van der Waals surface area contributed by atoms with E-state index < -0.39 is 16.0 Å². The number of hydrogen-bond donors (Lipinski definition) is 1. The minimum atomic E-state index is -3.69. The summed E-state index contributed by atoms with van der Waals surface area (Å²) < 4.78 is 32.3. The van der Waals surface area contributed by atoms with Gasteiger partial charge >= 0.3 is 5.97 Å². The van der Waals surface area contributed by atoms with Crippen LogP contribution in [0.15, 0.2) is 17.0 Å². The number of sulfonamides is 1. The zero-order valence-electron chi connectivity index (χ0n) is 13.0. The molecular formula is C15H21NO5S. The normalized spacial score (nSPS) is 17.6. The minimum absolute atomic E-state index is 0.00606. The number of benzene rings is 1. The molecule has 0 unspecified atom stereocenters. The molecule has 7 heteroatoms. The van der Waals surface area contributed by atoms with Gasteiger partial charge < -0.3 is 9.84 Å². The van der Waals surface area contributed by atoms with Crippen LogP contribution in [-0.2, 0) is 14.8 Å². The lowest BCUT2D eigenvalue weighted by Gasteiger charge is -2.31. The van der Waals surface area contributed by atoms with Crippen molar-refractivity contribution in [3.63, 3.8) is 0 Å². The van der Waals surface area contributed by atoms with Crippen LogP contribution in [0.3, 0.4) is 0 Å². The van der Waals surface area contributed by atoms with Crippen molar-refractivity contribution in [3.05, 3.63) is 28.8 Å². The van der Waals surface area contributed by atoms with Gasteiger partial charge in [0.05, 0.1) is 16.6 Å². The van der Waals surface area contributed by atoms with Gasteiger partial charge in [-0.2, -0.15) is 4.31 Å². The Morgan fingerprint density at radius 2 is 1.86 bits per heavy atom. The van der Waals surface area contributed by atoms with Crippen LogP contribution in [0.25, 0.3) is 0 Å². The lowest BCUT2D eigenvalue weighted by atomic mass is 10.1. The molecule has 0 atom stereocenters. The van der Waals surface area contributed by atoms with Crippen LogP contribution in [0.5, 0.6) is 0 Å². The van der Waals surface area contributed by atoms with E-state index >= 15 is 0 Å². The number of aryl methyl sites for hydroxylation is 1. The van der Waals surface area contributed by atoms with E-state index in [4.69, 9.17) is 9.84 Å². The first kappa shape index (κ1) is 16.9. The molecule has 1 heterocycles. The number of ether oxygens (including phenoxy) is 1. The molecule has 6 nitrogen and oxygen atoms in total. The van der Waals surface area contributed by atoms with Gasteiger partial charge in [-0.05, 0) is 49.9 Å². The predicted molar refractivity (Wildman–Crippen MR) is 81.7 cm³/mol. The zero-order valence-corrected chi connectivity index (χ0v) is 13.8. The first-order valence-electron chi connectivity index (χ1n) is 7.15. The van der Waals surface area contributed by atoms with E-state index in [9.17, 15) is 13.2 Å². The van der Waals surface area contributed by atoms with Crippen molar-refractivity contribution >= 4 is 16.0 Å². The second-order valence-corrected chi connectivity index (χ2v) is 7.47. The van der Waals surface area contributed by atoms with Crippen molar-refractivity contribution in [2.24, 2.45) is 0 Å². The van der Waals surface area contributed by atoms with Crippen LogP contribution < -0.4 is 0 Å². The topological polar surface area (TPSA) is 83.9 Å². The Hall–Kier alpha value is -1.44. The molecule has 1 aliphatic heterocycles. The van der Waals surface area contributed by atoms with Crippen molar-refractivity contribution in [1.29, 1.82) is 0 Å². The maximum Gasteiger partial charge on any atom is 0.335 e. The van der Waals surface area contributed by atoms with E-state index in [0.29, 0.717) is 37.1 Å². The van der Waals surface area contributed by atoms with Gasteiger partial charge in [0.1, 0.15) is 0 Å². The molecule has 2 rings (SSSR count). The summed E-state index contributed by atoms with van der Waals surface area (Å²) in [5.74, 6) is -1.13. The molecule has 1 aromatic rings. The Bertz CT molecular complexity index is 675. The molecule has 0 amide bonds. The van der Waals surface area contributed by atoms with Crippen molar-refractivity contribution in [1.82, 2.24) is 4.31 Å². The van der Waals surface area contributed by atoms with Crippen molar-refractivity contribution in [2.75, 3.05) is 20.2 Å². The van der Waals surface area contributed by atoms with E-state index in [2.05, 4.69) is 0 Å². The number of nitrogens with zero attached hydrogens (tertiary/aromatic N) is 1. The Morgan fingerprint density at radius 3 is 2.36 bits per heavy atom.